The van der Waals surface area contributed by atoms with E-state index in [0.717, 1.165) is 28.4 Å². The molecule has 2 aromatic rings. The van der Waals surface area contributed by atoms with Crippen molar-refractivity contribution in [1.82, 2.24) is 14.8 Å². The number of aliphatic carboxylic acids is 2. The van der Waals surface area contributed by atoms with Crippen LogP contribution < -0.4 is 45.5 Å². The van der Waals surface area contributed by atoms with Gasteiger partial charge in [0.1, 0.15) is 12.2 Å². The molecular weight excluding hydrogens is 747 g/mol. The molecule has 53 heavy (non-hydrogen) atoms. The van der Waals surface area contributed by atoms with Crippen molar-refractivity contribution in [2.24, 2.45) is 22.9 Å². The number of carboxylic acids is 2. The average molecular weight is 783 g/mol. The van der Waals surface area contributed by atoms with Gasteiger partial charge in [-0.05, 0) is 32.9 Å². The number of fused-ring (bicyclic) bond motifs is 2. The summed E-state index contributed by atoms with van der Waals surface area (Å²) in [6, 6.07) is 1.90. The van der Waals surface area contributed by atoms with E-state index in [-0.39, 0.29) is 80.9 Å². The van der Waals surface area contributed by atoms with Gasteiger partial charge >= 0.3 is 29.6 Å². The topological polar surface area (TPSA) is 239 Å². The number of phenols is 2. The van der Waals surface area contributed by atoms with Crippen LogP contribution in [0.5, 0.6) is 11.5 Å². The molecule has 3 saturated heterocycles. The predicted octanol–water partition coefficient (Wildman–Crippen LogP) is -3.74. The van der Waals surface area contributed by atoms with Crippen molar-refractivity contribution in [2.75, 3.05) is 45.5 Å². The van der Waals surface area contributed by atoms with Crippen LogP contribution in [0.4, 0.5) is 9.52 Å². The number of amides is 2. The summed E-state index contributed by atoms with van der Waals surface area (Å²) in [5.41, 5.74) is 3.74. The quantitative estimate of drug-likeness (QED) is 0.0497. The average Bonchev–Trinajstić information content (AvgIpc) is 3.75. The van der Waals surface area contributed by atoms with E-state index in [2.05, 4.69) is 10.1 Å². The van der Waals surface area contributed by atoms with E-state index in [1.807, 2.05) is 14.0 Å². The number of anilines is 1. The van der Waals surface area contributed by atoms with Crippen LogP contribution in [-0.4, -0.2) is 121 Å². The molecule has 2 amide bonds. The van der Waals surface area contributed by atoms with E-state index in [1.165, 1.54) is 31.0 Å². The number of thioether (sulfide) groups is 1. The first-order valence-electron chi connectivity index (χ1n) is 16.3. The van der Waals surface area contributed by atoms with Crippen LogP contribution in [0.3, 0.4) is 0 Å². The third-order valence-electron chi connectivity index (χ3n) is 10.1. The van der Waals surface area contributed by atoms with Crippen molar-refractivity contribution < 1.29 is 87.7 Å². The van der Waals surface area contributed by atoms with Gasteiger partial charge in [0, 0.05) is 53.1 Å². The fraction of sp³-hybridized carbons (Fsp3) is 0.485. The van der Waals surface area contributed by atoms with Gasteiger partial charge < -0.3 is 50.0 Å². The molecule has 5 heterocycles. The molecule has 6 atom stereocenters. The van der Waals surface area contributed by atoms with E-state index in [9.17, 15) is 48.8 Å². The molecule has 0 bridgehead atoms. The van der Waals surface area contributed by atoms with Crippen LogP contribution in [-0.2, 0) is 24.0 Å². The molecule has 3 fully saturated rings. The molecule has 20 heteroatoms. The Hall–Kier alpha value is -3.75. The van der Waals surface area contributed by atoms with Crippen molar-refractivity contribution in [3.63, 3.8) is 0 Å². The number of halogens is 1. The van der Waals surface area contributed by atoms with Gasteiger partial charge in [0.2, 0.25) is 5.91 Å². The Labute approximate surface area is 333 Å². The minimum atomic E-state index is -1.89. The maximum atomic E-state index is 14.0. The number of benzene rings is 1. The van der Waals surface area contributed by atoms with Crippen molar-refractivity contribution in [1.29, 1.82) is 0 Å². The number of nitrogens with two attached hydrogens (primary N) is 1. The number of oxime groups is 1. The predicted molar refractivity (Wildman–Crippen MR) is 179 cm³/mol. The maximum Gasteiger partial charge on any atom is 1.00 e. The smallest absolute Gasteiger partial charge is 0.546 e. The van der Waals surface area contributed by atoms with E-state index in [4.69, 9.17) is 10.6 Å². The number of carbonyl (C=O) groups is 5. The van der Waals surface area contributed by atoms with Gasteiger partial charge in [-0.3, -0.25) is 19.3 Å². The zero-order valence-electron chi connectivity index (χ0n) is 29.5. The zero-order chi connectivity index (χ0) is 38.0. The summed E-state index contributed by atoms with van der Waals surface area (Å²) in [5.74, 6) is -8.41. The van der Waals surface area contributed by atoms with Gasteiger partial charge in [-0.1, -0.05) is 5.16 Å². The number of Topliss-reactive ketones (excluding diaryl/α,β-unsaturated/α-hetero) is 1. The summed E-state index contributed by atoms with van der Waals surface area (Å²) < 4.78 is 14.4. The number of quaternary nitrogens is 1. The van der Waals surface area contributed by atoms with Gasteiger partial charge in [-0.15, -0.1) is 23.1 Å². The first-order chi connectivity index (χ1) is 24.3. The van der Waals surface area contributed by atoms with Gasteiger partial charge in [0.25, 0.3) is 5.91 Å². The van der Waals surface area contributed by atoms with Crippen LogP contribution in [0.15, 0.2) is 33.9 Å². The molecule has 1 unspecified atom stereocenters. The van der Waals surface area contributed by atoms with E-state index >= 15 is 0 Å². The number of nitrogens with zero attached hydrogens (tertiary/aromatic N) is 5. The number of likely N-dealkylation sites (N-methyl/N-ethyl adjacent to an activating group) is 1. The number of ketones is 1. The number of carboxylic acid groups (broad SMARTS) is 2. The van der Waals surface area contributed by atoms with E-state index in [1.54, 1.807) is 4.90 Å². The normalized spacial score (nSPS) is 26.8. The Morgan fingerprint density at radius 3 is 2.36 bits per heavy atom. The molecule has 1 aromatic heterocycles. The second kappa shape index (κ2) is 14.8. The molecule has 4 N–H and O–H groups in total. The number of carbonyl (C=O) groups excluding carboxylic acids is 5. The molecule has 4 aliphatic rings. The van der Waals surface area contributed by atoms with E-state index in [0.29, 0.717) is 42.8 Å². The number of aromatic nitrogens is 1. The summed E-state index contributed by atoms with van der Waals surface area (Å²) in [6.45, 7) is 6.43. The molecule has 0 aliphatic carbocycles. The standard InChI is InChI=1S/C33H37FN6O10S2.Na/c1-14-19(12-40(4)10-16-8-38(9-17(16)11-40)27(44)15-5-20(34)26(43)23(42)6-15)25(30(46)47)39-28(45)18(29(39)52-14)7-22(41)24(21-13-51-32(35)36-21)37-50-33(2,3)31(48)49;/h5-6,13-14,16-18,29H,7-12H2,1-4H3,(H5-,35,36,37,41,42,43,44,46,47,48,49);/q;+1/p-1/t14-,16-,17+,18+,29+,40?;/m0./s1. The van der Waals surface area contributed by atoms with Crippen LogP contribution in [0.1, 0.15) is 43.2 Å². The van der Waals surface area contributed by atoms with Crippen molar-refractivity contribution >= 4 is 63.5 Å². The van der Waals surface area contributed by atoms with Crippen LogP contribution in [0.2, 0.25) is 0 Å². The zero-order valence-corrected chi connectivity index (χ0v) is 33.2. The Balaban J connectivity index is 0.00000541. The van der Waals surface area contributed by atoms with Crippen LogP contribution in [0.25, 0.3) is 0 Å². The van der Waals surface area contributed by atoms with Crippen molar-refractivity contribution in [2.45, 2.75) is 43.4 Å². The van der Waals surface area contributed by atoms with Crippen LogP contribution in [0, 0.1) is 23.6 Å². The molecule has 6 rings (SSSR count). The van der Waals surface area contributed by atoms with E-state index < -0.39 is 63.7 Å². The molecule has 0 saturated carbocycles. The monoisotopic (exact) mass is 782 g/mol. The number of phenolic OH excluding ortho intramolecular Hbond substituents is 2. The number of likely N-dealkylation sites (tertiary alicyclic amines) is 2. The minimum absolute atomic E-state index is 0. The minimum Gasteiger partial charge on any atom is -0.546 e. The van der Waals surface area contributed by atoms with Gasteiger partial charge in [0.15, 0.2) is 39.5 Å². The number of nitrogen functional groups attached to an aromatic ring is 1. The summed E-state index contributed by atoms with van der Waals surface area (Å²) in [6.07, 6.45) is -0.385. The Bertz CT molecular complexity index is 1920. The number of β-lactam (4-membered cyclic amide) rings is 1. The molecule has 4 aliphatic heterocycles. The molecule has 0 spiro atoms. The number of hydrogen-bond acceptors (Lipinski definition) is 15. The Kier molecular flexibility index (Phi) is 11.3. The fourth-order valence-electron chi connectivity index (χ4n) is 7.46. The summed E-state index contributed by atoms with van der Waals surface area (Å²) >= 11 is 2.36. The molecule has 1 aromatic carbocycles. The molecular formula is C33H36FN6NaO10S2. The molecule has 0 radical (unpaired) electrons. The van der Waals surface area contributed by atoms with Crippen LogP contribution >= 0.6 is 23.1 Å². The Morgan fingerprint density at radius 1 is 1.17 bits per heavy atom. The number of aromatic hydroxyl groups is 2. The summed E-state index contributed by atoms with van der Waals surface area (Å²) in [5, 5.41) is 47.6. The SMILES string of the molecule is C[C@@H]1S[C@@H]2[C@H](CC(=O)/C(=N\OC(C)(C)C(=O)[O-])c3csc(N)n3)C(=O)N2C(C(=O)[O-])=C1C[N+]1(C)C[C@H]2CN(C(=O)c3cc(O)c(O)c(F)c3)C[C@H]2C1.[Na+]. The Morgan fingerprint density at radius 2 is 1.81 bits per heavy atom. The first kappa shape index (κ1) is 40.4. The maximum absolute atomic E-state index is 14.0. The van der Waals surface area contributed by atoms with Gasteiger partial charge in [-0.2, -0.15) is 0 Å². The fourth-order valence-corrected chi connectivity index (χ4v) is 9.51. The molecule has 16 nitrogen and oxygen atoms in total. The van der Waals surface area contributed by atoms with Crippen molar-refractivity contribution in [3.8, 4) is 11.5 Å². The third-order valence-corrected chi connectivity index (χ3v) is 12.3. The second-order valence-corrected chi connectivity index (χ2v) is 16.7. The van der Waals surface area contributed by atoms with Gasteiger partial charge in [-0.25, -0.2) is 9.37 Å². The third kappa shape index (κ3) is 7.64. The second-order valence-electron chi connectivity index (χ2n) is 14.4. The first-order valence-corrected chi connectivity index (χ1v) is 18.1. The summed E-state index contributed by atoms with van der Waals surface area (Å²) in [4.78, 5) is 76.2. The number of rotatable bonds is 11. The van der Waals surface area contributed by atoms with Crippen molar-refractivity contribution in [3.05, 3.63) is 45.9 Å². The largest absolute Gasteiger partial charge is 1.00 e. The number of thiazole rings is 1. The number of hydrogen-bond donors (Lipinski definition) is 3. The summed E-state index contributed by atoms with van der Waals surface area (Å²) in [7, 11) is 1.98. The van der Waals surface area contributed by atoms with Gasteiger partial charge in [0.05, 0.1) is 49.1 Å². The molecule has 278 valence electrons.